The Balaban J connectivity index is 2.09. The van der Waals surface area contributed by atoms with Gasteiger partial charge in [-0.1, -0.05) is 0 Å². The Morgan fingerprint density at radius 3 is 2.56 bits per heavy atom. The monoisotopic (exact) mass is 372 g/mol. The SMILES string of the molecule is COCCN1C(=O)C(=O)/C(=C(\O)c2ccc([N+](=O)[O-])cc2)C1c1ccco1. The van der Waals surface area contributed by atoms with Crippen molar-refractivity contribution in [1.29, 1.82) is 0 Å². The first-order valence-electron chi connectivity index (χ1n) is 8.01. The van der Waals surface area contributed by atoms with E-state index in [0.29, 0.717) is 5.76 Å². The van der Waals surface area contributed by atoms with Crippen LogP contribution in [0, 0.1) is 10.1 Å². The number of non-ortho nitro benzene ring substituents is 1. The third kappa shape index (κ3) is 3.32. The third-order valence-corrected chi connectivity index (χ3v) is 4.24. The second kappa shape index (κ2) is 7.42. The Kier molecular flexibility index (Phi) is 5.04. The number of amides is 1. The van der Waals surface area contributed by atoms with E-state index in [1.54, 1.807) is 12.1 Å². The highest BCUT2D eigenvalue weighted by Crippen LogP contribution is 2.39. The molecule has 1 atom stereocenters. The van der Waals surface area contributed by atoms with Gasteiger partial charge in [0.1, 0.15) is 17.6 Å². The number of carbonyl (C=O) groups is 2. The topological polar surface area (TPSA) is 123 Å². The van der Waals surface area contributed by atoms with Crippen LogP contribution in [0.2, 0.25) is 0 Å². The number of methoxy groups -OCH3 is 1. The van der Waals surface area contributed by atoms with Crippen molar-refractivity contribution in [3.05, 3.63) is 69.7 Å². The van der Waals surface area contributed by atoms with E-state index in [2.05, 4.69) is 0 Å². The van der Waals surface area contributed by atoms with Crippen molar-refractivity contribution in [2.24, 2.45) is 0 Å². The van der Waals surface area contributed by atoms with Crippen LogP contribution in [0.15, 0.2) is 52.7 Å². The van der Waals surface area contributed by atoms with E-state index < -0.39 is 28.4 Å². The molecule has 1 aliphatic rings. The summed E-state index contributed by atoms with van der Waals surface area (Å²) in [6.07, 6.45) is 1.40. The van der Waals surface area contributed by atoms with Crippen LogP contribution < -0.4 is 0 Å². The highest BCUT2D eigenvalue weighted by atomic mass is 16.6. The summed E-state index contributed by atoms with van der Waals surface area (Å²) in [5.74, 6) is -1.75. The van der Waals surface area contributed by atoms with E-state index in [-0.39, 0.29) is 30.0 Å². The molecule has 1 N–H and O–H groups in total. The van der Waals surface area contributed by atoms with Crippen LogP contribution in [0.25, 0.3) is 5.76 Å². The number of aliphatic hydroxyl groups is 1. The van der Waals surface area contributed by atoms with Crippen molar-refractivity contribution in [3.63, 3.8) is 0 Å². The first kappa shape index (κ1) is 18.3. The van der Waals surface area contributed by atoms with Gasteiger partial charge in [-0.3, -0.25) is 19.7 Å². The number of nitro groups is 1. The molecular weight excluding hydrogens is 356 g/mol. The molecule has 3 rings (SSSR count). The van der Waals surface area contributed by atoms with Gasteiger partial charge >= 0.3 is 0 Å². The fraction of sp³-hybridized carbons (Fsp3) is 0.222. The lowest BCUT2D eigenvalue weighted by Crippen LogP contribution is -2.32. The van der Waals surface area contributed by atoms with Crippen molar-refractivity contribution in [2.45, 2.75) is 6.04 Å². The van der Waals surface area contributed by atoms with Gasteiger partial charge in [-0.25, -0.2) is 0 Å². The Labute approximate surface area is 153 Å². The number of nitro benzene ring substituents is 1. The second-order valence-corrected chi connectivity index (χ2v) is 5.80. The number of hydrogen-bond acceptors (Lipinski definition) is 7. The summed E-state index contributed by atoms with van der Waals surface area (Å²) in [6.45, 7) is 0.325. The smallest absolute Gasteiger partial charge is 0.295 e. The second-order valence-electron chi connectivity index (χ2n) is 5.80. The average molecular weight is 372 g/mol. The van der Waals surface area contributed by atoms with Gasteiger partial charge in [0, 0.05) is 31.4 Å². The zero-order chi connectivity index (χ0) is 19.6. The molecule has 1 aromatic heterocycles. The van der Waals surface area contributed by atoms with E-state index in [4.69, 9.17) is 9.15 Å². The van der Waals surface area contributed by atoms with E-state index in [1.165, 1.54) is 42.5 Å². The molecule has 1 amide bonds. The predicted octanol–water partition coefficient (Wildman–Crippen LogP) is 2.26. The molecule has 9 nitrogen and oxygen atoms in total. The Bertz CT molecular complexity index is 900. The van der Waals surface area contributed by atoms with E-state index >= 15 is 0 Å². The highest BCUT2D eigenvalue weighted by Gasteiger charge is 2.47. The normalized spacial score (nSPS) is 18.9. The number of hydrogen-bond donors (Lipinski definition) is 1. The summed E-state index contributed by atoms with van der Waals surface area (Å²) >= 11 is 0. The fourth-order valence-electron chi connectivity index (χ4n) is 2.94. The molecule has 1 aromatic carbocycles. The van der Waals surface area contributed by atoms with Crippen LogP contribution in [-0.2, 0) is 14.3 Å². The van der Waals surface area contributed by atoms with Crippen LogP contribution in [-0.4, -0.2) is 46.9 Å². The molecule has 27 heavy (non-hydrogen) atoms. The number of aliphatic hydroxyl groups excluding tert-OH is 1. The molecule has 2 heterocycles. The van der Waals surface area contributed by atoms with Crippen molar-refractivity contribution in [2.75, 3.05) is 20.3 Å². The number of likely N-dealkylation sites (tertiary alicyclic amines) is 1. The number of benzene rings is 1. The summed E-state index contributed by atoms with van der Waals surface area (Å²) < 4.78 is 10.4. The van der Waals surface area contributed by atoms with E-state index in [1.807, 2.05) is 0 Å². The Hall–Kier alpha value is -3.46. The quantitative estimate of drug-likeness (QED) is 0.271. The maximum Gasteiger partial charge on any atom is 0.295 e. The maximum absolute atomic E-state index is 12.6. The minimum atomic E-state index is -0.912. The molecule has 0 aliphatic carbocycles. The molecule has 0 radical (unpaired) electrons. The minimum Gasteiger partial charge on any atom is -0.507 e. The zero-order valence-electron chi connectivity index (χ0n) is 14.3. The van der Waals surface area contributed by atoms with Crippen LogP contribution in [0.3, 0.4) is 0 Å². The minimum absolute atomic E-state index is 0.128. The third-order valence-electron chi connectivity index (χ3n) is 4.24. The highest BCUT2D eigenvalue weighted by molar-refractivity contribution is 6.46. The molecule has 0 bridgehead atoms. The predicted molar refractivity (Wildman–Crippen MR) is 92.7 cm³/mol. The van der Waals surface area contributed by atoms with Crippen molar-refractivity contribution in [1.82, 2.24) is 4.90 Å². The average Bonchev–Trinajstić information content (AvgIpc) is 3.27. The number of nitrogens with zero attached hydrogens (tertiary/aromatic N) is 2. The van der Waals surface area contributed by atoms with E-state index in [9.17, 15) is 24.8 Å². The van der Waals surface area contributed by atoms with Gasteiger partial charge in [0.2, 0.25) is 0 Å². The van der Waals surface area contributed by atoms with Gasteiger partial charge in [-0.15, -0.1) is 0 Å². The molecular formula is C18H16N2O7. The molecule has 140 valence electrons. The maximum atomic E-state index is 12.6. The lowest BCUT2D eigenvalue weighted by molar-refractivity contribution is -0.384. The molecule has 1 aliphatic heterocycles. The zero-order valence-corrected chi connectivity index (χ0v) is 14.3. The van der Waals surface area contributed by atoms with Crippen LogP contribution >= 0.6 is 0 Å². The first-order chi connectivity index (χ1) is 13.0. The van der Waals surface area contributed by atoms with Gasteiger partial charge < -0.3 is 19.2 Å². The fourth-order valence-corrected chi connectivity index (χ4v) is 2.94. The summed E-state index contributed by atoms with van der Waals surface area (Å²) in [5.41, 5.74) is -0.114. The van der Waals surface area contributed by atoms with Gasteiger partial charge in [-0.05, 0) is 24.3 Å². The van der Waals surface area contributed by atoms with Crippen LogP contribution in [0.4, 0.5) is 5.69 Å². The molecule has 0 saturated carbocycles. The van der Waals surface area contributed by atoms with Gasteiger partial charge in [0.15, 0.2) is 0 Å². The molecule has 9 heteroatoms. The lowest BCUT2D eigenvalue weighted by Gasteiger charge is -2.22. The number of ether oxygens (including phenoxy) is 1. The summed E-state index contributed by atoms with van der Waals surface area (Å²) in [4.78, 5) is 36.5. The van der Waals surface area contributed by atoms with Gasteiger partial charge in [-0.2, -0.15) is 0 Å². The number of furan rings is 1. The summed E-state index contributed by atoms with van der Waals surface area (Å²) in [6, 6.07) is 7.34. The van der Waals surface area contributed by atoms with Crippen molar-refractivity contribution in [3.8, 4) is 0 Å². The van der Waals surface area contributed by atoms with Gasteiger partial charge in [0.05, 0.1) is 23.4 Å². The summed E-state index contributed by atoms with van der Waals surface area (Å²) in [5, 5.41) is 21.5. The largest absolute Gasteiger partial charge is 0.507 e. The first-order valence-corrected chi connectivity index (χ1v) is 8.01. The van der Waals surface area contributed by atoms with Crippen LogP contribution in [0.1, 0.15) is 17.4 Å². The number of ketones is 1. The molecule has 2 aromatic rings. The molecule has 1 fully saturated rings. The molecule has 1 unspecified atom stereocenters. The van der Waals surface area contributed by atoms with Crippen molar-refractivity contribution >= 4 is 23.1 Å². The number of Topliss-reactive ketones (excluding diaryl/α,β-unsaturated/α-hetero) is 1. The lowest BCUT2D eigenvalue weighted by atomic mass is 9.99. The van der Waals surface area contributed by atoms with Crippen LogP contribution in [0.5, 0.6) is 0 Å². The summed E-state index contributed by atoms with van der Waals surface area (Å²) in [7, 11) is 1.47. The van der Waals surface area contributed by atoms with Crippen molar-refractivity contribution < 1.29 is 28.8 Å². The van der Waals surface area contributed by atoms with Gasteiger partial charge in [0.25, 0.3) is 17.4 Å². The Morgan fingerprint density at radius 2 is 2.00 bits per heavy atom. The van der Waals surface area contributed by atoms with E-state index in [0.717, 1.165) is 0 Å². The number of carbonyl (C=O) groups excluding carboxylic acids is 2. The standard InChI is InChI=1S/C18H16N2O7/c1-26-10-8-19-15(13-3-2-9-27-13)14(17(22)18(19)23)16(21)11-4-6-12(7-5-11)20(24)25/h2-7,9,15,21H,8,10H2,1H3/b16-14-. The molecule has 0 spiro atoms. The Morgan fingerprint density at radius 1 is 1.30 bits per heavy atom. The number of rotatable bonds is 6. The molecule has 1 saturated heterocycles.